The van der Waals surface area contributed by atoms with Crippen LogP contribution in [0.15, 0.2) is 30.6 Å². The predicted octanol–water partition coefficient (Wildman–Crippen LogP) is 2.50. The Morgan fingerprint density at radius 2 is 2.10 bits per heavy atom. The summed E-state index contributed by atoms with van der Waals surface area (Å²) in [5.41, 5.74) is -1.74. The Morgan fingerprint density at radius 1 is 1.35 bits per heavy atom. The van der Waals surface area contributed by atoms with E-state index < -0.39 is 23.5 Å². The SMILES string of the molecule is O=C(NCc1ncc[nH]1)c1ccc(F)c(C(F)(F)F)c1. The van der Waals surface area contributed by atoms with E-state index in [0.29, 0.717) is 18.0 Å². The number of aromatic nitrogens is 2. The Morgan fingerprint density at radius 3 is 2.70 bits per heavy atom. The van der Waals surface area contributed by atoms with Gasteiger partial charge in [-0.3, -0.25) is 4.79 Å². The number of rotatable bonds is 3. The van der Waals surface area contributed by atoms with Gasteiger partial charge in [0.2, 0.25) is 0 Å². The van der Waals surface area contributed by atoms with E-state index in [1.165, 1.54) is 6.20 Å². The molecule has 0 bridgehead atoms. The highest BCUT2D eigenvalue weighted by molar-refractivity contribution is 5.94. The number of benzene rings is 1. The molecule has 1 amide bonds. The molecule has 0 aliphatic rings. The molecule has 0 radical (unpaired) electrons. The lowest BCUT2D eigenvalue weighted by atomic mass is 10.1. The van der Waals surface area contributed by atoms with Gasteiger partial charge >= 0.3 is 6.18 Å². The minimum absolute atomic E-state index is 0.0323. The molecule has 0 saturated heterocycles. The molecule has 8 heteroatoms. The van der Waals surface area contributed by atoms with Gasteiger partial charge in [-0.2, -0.15) is 13.2 Å². The van der Waals surface area contributed by atoms with Crippen molar-refractivity contribution in [2.75, 3.05) is 0 Å². The van der Waals surface area contributed by atoms with Crippen LogP contribution < -0.4 is 5.32 Å². The number of aromatic amines is 1. The Hall–Kier alpha value is -2.38. The van der Waals surface area contributed by atoms with Crippen LogP contribution in [0.4, 0.5) is 17.6 Å². The molecule has 1 heterocycles. The molecule has 0 spiro atoms. The topological polar surface area (TPSA) is 57.8 Å². The zero-order valence-corrected chi connectivity index (χ0v) is 9.96. The fraction of sp³-hybridized carbons (Fsp3) is 0.167. The van der Waals surface area contributed by atoms with Crippen LogP contribution in [0, 0.1) is 5.82 Å². The molecule has 0 atom stereocenters. The van der Waals surface area contributed by atoms with Crippen molar-refractivity contribution in [1.82, 2.24) is 15.3 Å². The van der Waals surface area contributed by atoms with Gasteiger partial charge in [-0.25, -0.2) is 9.37 Å². The fourth-order valence-corrected chi connectivity index (χ4v) is 1.54. The summed E-state index contributed by atoms with van der Waals surface area (Å²) in [5, 5.41) is 2.38. The maximum atomic E-state index is 13.1. The Bertz CT molecular complexity index is 608. The fourth-order valence-electron chi connectivity index (χ4n) is 1.54. The monoisotopic (exact) mass is 287 g/mol. The number of nitrogens with zero attached hydrogens (tertiary/aromatic N) is 1. The first kappa shape index (κ1) is 14.0. The molecular formula is C12H9F4N3O. The molecule has 20 heavy (non-hydrogen) atoms. The molecule has 0 aliphatic heterocycles. The number of carbonyl (C=O) groups excluding carboxylic acids is 1. The first-order valence-electron chi connectivity index (χ1n) is 5.51. The average Bonchev–Trinajstić information content (AvgIpc) is 2.88. The number of halogens is 4. The van der Waals surface area contributed by atoms with Crippen molar-refractivity contribution in [3.8, 4) is 0 Å². The summed E-state index contributed by atoms with van der Waals surface area (Å²) in [4.78, 5) is 18.3. The van der Waals surface area contributed by atoms with Crippen LogP contribution in [0.1, 0.15) is 21.7 Å². The average molecular weight is 287 g/mol. The number of H-pyrrole nitrogens is 1. The molecule has 0 saturated carbocycles. The standard InChI is InChI=1S/C12H9F4N3O/c13-9-2-1-7(5-8(9)12(14,15)16)11(20)19-6-10-17-3-4-18-10/h1-5H,6H2,(H,17,18)(H,19,20). The van der Waals surface area contributed by atoms with E-state index in [9.17, 15) is 22.4 Å². The highest BCUT2D eigenvalue weighted by Gasteiger charge is 2.34. The van der Waals surface area contributed by atoms with E-state index in [4.69, 9.17) is 0 Å². The van der Waals surface area contributed by atoms with Gasteiger partial charge in [0, 0.05) is 18.0 Å². The third-order valence-corrected chi connectivity index (χ3v) is 2.51. The lowest BCUT2D eigenvalue weighted by molar-refractivity contribution is -0.140. The smallest absolute Gasteiger partial charge is 0.347 e. The Labute approximate surface area is 110 Å². The van der Waals surface area contributed by atoms with Gasteiger partial charge in [0.05, 0.1) is 12.1 Å². The Balaban J connectivity index is 2.14. The maximum Gasteiger partial charge on any atom is 0.419 e. The molecule has 0 fully saturated rings. The van der Waals surface area contributed by atoms with Gasteiger partial charge in [-0.05, 0) is 18.2 Å². The summed E-state index contributed by atoms with van der Waals surface area (Å²) in [5.74, 6) is -1.71. The molecule has 1 aromatic heterocycles. The van der Waals surface area contributed by atoms with Crippen molar-refractivity contribution >= 4 is 5.91 Å². The summed E-state index contributed by atoms with van der Waals surface area (Å²) in [6.45, 7) is 0.0323. The summed E-state index contributed by atoms with van der Waals surface area (Å²) in [6, 6.07) is 2.08. The van der Waals surface area contributed by atoms with E-state index >= 15 is 0 Å². The molecule has 2 rings (SSSR count). The van der Waals surface area contributed by atoms with Crippen molar-refractivity contribution in [3.05, 3.63) is 53.4 Å². The van der Waals surface area contributed by atoms with Gasteiger partial charge < -0.3 is 10.3 Å². The molecule has 0 unspecified atom stereocenters. The predicted molar refractivity (Wildman–Crippen MR) is 61.2 cm³/mol. The van der Waals surface area contributed by atoms with Crippen molar-refractivity contribution in [3.63, 3.8) is 0 Å². The number of carbonyl (C=O) groups is 1. The van der Waals surface area contributed by atoms with Gasteiger partial charge in [0.25, 0.3) is 5.91 Å². The van der Waals surface area contributed by atoms with E-state index in [1.54, 1.807) is 6.20 Å². The zero-order valence-electron chi connectivity index (χ0n) is 9.96. The van der Waals surface area contributed by atoms with Crippen LogP contribution in [0.2, 0.25) is 0 Å². The van der Waals surface area contributed by atoms with E-state index in [-0.39, 0.29) is 12.1 Å². The lowest BCUT2D eigenvalue weighted by Crippen LogP contribution is -2.24. The first-order chi connectivity index (χ1) is 9.38. The molecule has 2 N–H and O–H groups in total. The first-order valence-corrected chi connectivity index (χ1v) is 5.51. The van der Waals surface area contributed by atoms with E-state index in [2.05, 4.69) is 15.3 Å². The Kier molecular flexibility index (Phi) is 3.73. The van der Waals surface area contributed by atoms with Crippen molar-refractivity contribution < 1.29 is 22.4 Å². The molecule has 106 valence electrons. The minimum Gasteiger partial charge on any atom is -0.347 e. The number of nitrogens with one attached hydrogen (secondary N) is 2. The summed E-state index contributed by atoms with van der Waals surface area (Å²) >= 11 is 0. The highest BCUT2D eigenvalue weighted by atomic mass is 19.4. The second-order valence-electron chi connectivity index (χ2n) is 3.91. The molecule has 1 aromatic carbocycles. The number of alkyl halides is 3. The van der Waals surface area contributed by atoms with Gasteiger partial charge in [0.15, 0.2) is 0 Å². The van der Waals surface area contributed by atoms with Crippen LogP contribution >= 0.6 is 0 Å². The molecule has 0 aliphatic carbocycles. The molecule has 2 aromatic rings. The van der Waals surface area contributed by atoms with Crippen molar-refractivity contribution in [1.29, 1.82) is 0 Å². The third-order valence-electron chi connectivity index (χ3n) is 2.51. The minimum atomic E-state index is -4.85. The van der Waals surface area contributed by atoms with Gasteiger partial charge in [-0.1, -0.05) is 0 Å². The maximum absolute atomic E-state index is 13.1. The van der Waals surface area contributed by atoms with Gasteiger partial charge in [-0.15, -0.1) is 0 Å². The lowest BCUT2D eigenvalue weighted by Gasteiger charge is -2.10. The molecular weight excluding hydrogens is 278 g/mol. The van der Waals surface area contributed by atoms with Crippen LogP contribution in [-0.2, 0) is 12.7 Å². The third kappa shape index (κ3) is 3.14. The molecule has 4 nitrogen and oxygen atoms in total. The summed E-state index contributed by atoms with van der Waals surface area (Å²) in [6.07, 6.45) is -1.83. The largest absolute Gasteiger partial charge is 0.419 e. The quantitative estimate of drug-likeness (QED) is 0.852. The van der Waals surface area contributed by atoms with Crippen LogP contribution in [-0.4, -0.2) is 15.9 Å². The van der Waals surface area contributed by atoms with Crippen LogP contribution in [0.3, 0.4) is 0 Å². The zero-order chi connectivity index (χ0) is 14.8. The van der Waals surface area contributed by atoms with Crippen LogP contribution in [0.5, 0.6) is 0 Å². The van der Waals surface area contributed by atoms with Crippen molar-refractivity contribution in [2.24, 2.45) is 0 Å². The second-order valence-corrected chi connectivity index (χ2v) is 3.91. The normalized spacial score (nSPS) is 11.4. The number of amides is 1. The van der Waals surface area contributed by atoms with E-state index in [1.807, 2.05) is 0 Å². The highest BCUT2D eigenvalue weighted by Crippen LogP contribution is 2.31. The van der Waals surface area contributed by atoms with Crippen LogP contribution in [0.25, 0.3) is 0 Å². The number of hydrogen-bond acceptors (Lipinski definition) is 2. The van der Waals surface area contributed by atoms with Crippen molar-refractivity contribution in [2.45, 2.75) is 12.7 Å². The van der Waals surface area contributed by atoms with Gasteiger partial charge in [0.1, 0.15) is 11.6 Å². The van der Waals surface area contributed by atoms with E-state index in [0.717, 1.165) is 6.07 Å². The summed E-state index contributed by atoms with van der Waals surface area (Å²) in [7, 11) is 0. The second kappa shape index (κ2) is 5.32. The number of hydrogen-bond donors (Lipinski definition) is 2. The number of imidazole rings is 1. The summed E-state index contributed by atoms with van der Waals surface area (Å²) < 4.78 is 50.6.